The van der Waals surface area contributed by atoms with Gasteiger partial charge in [-0.3, -0.25) is 4.68 Å². The predicted molar refractivity (Wildman–Crippen MR) is 48.3 cm³/mol. The molecule has 0 saturated heterocycles. The maximum Gasteiger partial charge on any atom is 0.159 e. The highest BCUT2D eigenvalue weighted by atomic mass is 16.3. The van der Waals surface area contributed by atoms with Gasteiger partial charge in [-0.1, -0.05) is 13.8 Å². The lowest BCUT2D eigenvalue weighted by atomic mass is 10.3. The molecule has 0 spiro atoms. The molecule has 0 unspecified atom stereocenters. The molecule has 0 amide bonds. The van der Waals surface area contributed by atoms with Crippen LogP contribution in [0.1, 0.15) is 31.7 Å². The molecule has 3 nitrogen and oxygen atoms in total. The molecule has 0 aromatic carbocycles. The van der Waals surface area contributed by atoms with Crippen LogP contribution in [0, 0.1) is 6.92 Å². The minimum absolute atomic E-state index is 0.367. The van der Waals surface area contributed by atoms with E-state index in [-0.39, 0.29) is 0 Å². The largest absolute Gasteiger partial charge is 0.504 e. The number of hydrogen-bond donors (Lipinski definition) is 1. The Morgan fingerprint density at radius 3 is 2.50 bits per heavy atom. The molecule has 1 aromatic heterocycles. The topological polar surface area (TPSA) is 38.0 Å². The molecule has 0 bridgehead atoms. The van der Waals surface area contributed by atoms with Crippen LogP contribution < -0.4 is 0 Å². The molecule has 0 saturated carbocycles. The number of rotatable bonds is 3. The van der Waals surface area contributed by atoms with Crippen LogP contribution in [0.4, 0.5) is 0 Å². The Hall–Kier alpha value is -0.990. The summed E-state index contributed by atoms with van der Waals surface area (Å²) in [6.45, 7) is 6.89. The quantitative estimate of drug-likeness (QED) is 0.748. The van der Waals surface area contributed by atoms with Crippen molar-refractivity contribution >= 4 is 0 Å². The molecule has 3 heteroatoms. The lowest BCUT2D eigenvalue weighted by Gasteiger charge is -1.99. The summed E-state index contributed by atoms with van der Waals surface area (Å²) in [6, 6.07) is 0. The second-order valence-electron chi connectivity index (χ2n) is 2.96. The Labute approximate surface area is 73.0 Å². The van der Waals surface area contributed by atoms with Gasteiger partial charge in [0.05, 0.1) is 5.69 Å². The minimum Gasteiger partial charge on any atom is -0.504 e. The molecular weight excluding hydrogens is 152 g/mol. The molecule has 0 fully saturated rings. The van der Waals surface area contributed by atoms with Crippen molar-refractivity contribution in [2.75, 3.05) is 0 Å². The molecule has 1 aromatic rings. The first kappa shape index (κ1) is 9.10. The van der Waals surface area contributed by atoms with Gasteiger partial charge in [0.2, 0.25) is 0 Å². The van der Waals surface area contributed by atoms with E-state index in [0.29, 0.717) is 5.75 Å². The van der Waals surface area contributed by atoms with Crippen molar-refractivity contribution in [3.05, 3.63) is 11.4 Å². The Kier molecular flexibility index (Phi) is 2.74. The number of aryl methyl sites for hydroxylation is 2. The van der Waals surface area contributed by atoms with Crippen molar-refractivity contribution in [3.63, 3.8) is 0 Å². The van der Waals surface area contributed by atoms with Crippen molar-refractivity contribution < 1.29 is 5.11 Å². The fourth-order valence-corrected chi connectivity index (χ4v) is 1.27. The normalized spacial score (nSPS) is 10.6. The fraction of sp³-hybridized carbons (Fsp3) is 0.667. The van der Waals surface area contributed by atoms with E-state index in [1.807, 2.05) is 18.5 Å². The molecule has 0 radical (unpaired) electrons. The second kappa shape index (κ2) is 3.61. The summed E-state index contributed by atoms with van der Waals surface area (Å²) in [5, 5.41) is 13.8. The van der Waals surface area contributed by atoms with Gasteiger partial charge in [0.25, 0.3) is 0 Å². The molecule has 0 atom stereocenters. The second-order valence-corrected chi connectivity index (χ2v) is 2.96. The van der Waals surface area contributed by atoms with Crippen molar-refractivity contribution in [1.82, 2.24) is 9.78 Å². The highest BCUT2D eigenvalue weighted by molar-refractivity contribution is 5.30. The highest BCUT2D eigenvalue weighted by Crippen LogP contribution is 2.21. The average molecular weight is 168 g/mol. The number of aromatic nitrogens is 2. The molecular formula is C9H16N2O. The summed E-state index contributed by atoms with van der Waals surface area (Å²) in [5.74, 6) is 0.367. The van der Waals surface area contributed by atoms with Gasteiger partial charge in [-0.05, 0) is 19.8 Å². The number of nitrogens with zero attached hydrogens (tertiary/aromatic N) is 2. The van der Waals surface area contributed by atoms with Gasteiger partial charge in [-0.25, -0.2) is 0 Å². The van der Waals surface area contributed by atoms with E-state index in [0.717, 1.165) is 30.8 Å². The van der Waals surface area contributed by atoms with Crippen LogP contribution in [0.3, 0.4) is 0 Å². The first-order valence-electron chi connectivity index (χ1n) is 4.45. The smallest absolute Gasteiger partial charge is 0.159 e. The molecule has 0 aliphatic heterocycles. The Morgan fingerprint density at radius 2 is 2.08 bits per heavy atom. The lowest BCUT2D eigenvalue weighted by Crippen LogP contribution is -2.01. The van der Waals surface area contributed by atoms with Gasteiger partial charge in [0, 0.05) is 6.54 Å². The summed E-state index contributed by atoms with van der Waals surface area (Å²) in [4.78, 5) is 0. The molecule has 1 N–H and O–H groups in total. The molecule has 12 heavy (non-hydrogen) atoms. The van der Waals surface area contributed by atoms with Gasteiger partial charge >= 0.3 is 0 Å². The summed E-state index contributed by atoms with van der Waals surface area (Å²) in [5.41, 5.74) is 1.69. The molecule has 1 rings (SSSR count). The van der Waals surface area contributed by atoms with Crippen molar-refractivity contribution in [2.24, 2.45) is 0 Å². The molecule has 1 heterocycles. The van der Waals surface area contributed by atoms with Crippen LogP contribution >= 0.6 is 0 Å². The summed E-state index contributed by atoms with van der Waals surface area (Å²) >= 11 is 0. The fourth-order valence-electron chi connectivity index (χ4n) is 1.27. The Balaban J connectivity index is 2.98. The zero-order chi connectivity index (χ0) is 9.14. The van der Waals surface area contributed by atoms with E-state index in [4.69, 9.17) is 0 Å². The van der Waals surface area contributed by atoms with Crippen LogP contribution in [0.15, 0.2) is 0 Å². The lowest BCUT2D eigenvalue weighted by molar-refractivity contribution is 0.462. The maximum atomic E-state index is 9.56. The first-order valence-corrected chi connectivity index (χ1v) is 4.45. The monoisotopic (exact) mass is 168 g/mol. The predicted octanol–water partition coefficient (Wildman–Crippen LogP) is 1.87. The van der Waals surface area contributed by atoms with E-state index < -0.39 is 0 Å². The molecule has 0 aliphatic rings. The van der Waals surface area contributed by atoms with Gasteiger partial charge in [0.15, 0.2) is 5.75 Å². The third-order valence-electron chi connectivity index (χ3n) is 2.01. The zero-order valence-corrected chi connectivity index (χ0v) is 7.96. The summed E-state index contributed by atoms with van der Waals surface area (Å²) < 4.78 is 1.87. The van der Waals surface area contributed by atoms with E-state index in [1.54, 1.807) is 0 Å². The van der Waals surface area contributed by atoms with E-state index in [1.165, 1.54) is 0 Å². The summed E-state index contributed by atoms with van der Waals surface area (Å²) in [6.07, 6.45) is 1.84. The number of aromatic hydroxyl groups is 1. The van der Waals surface area contributed by atoms with Crippen LogP contribution in [0.5, 0.6) is 5.75 Å². The van der Waals surface area contributed by atoms with Crippen molar-refractivity contribution in [1.29, 1.82) is 0 Å². The highest BCUT2D eigenvalue weighted by Gasteiger charge is 2.10. The van der Waals surface area contributed by atoms with Crippen LogP contribution in [-0.2, 0) is 13.0 Å². The SMILES string of the molecule is CCCn1nc(CC)c(O)c1C. The van der Waals surface area contributed by atoms with E-state index >= 15 is 0 Å². The third-order valence-corrected chi connectivity index (χ3v) is 2.01. The van der Waals surface area contributed by atoms with E-state index in [2.05, 4.69) is 12.0 Å². The van der Waals surface area contributed by atoms with Gasteiger partial charge in [0.1, 0.15) is 5.69 Å². The van der Waals surface area contributed by atoms with Crippen molar-refractivity contribution in [3.8, 4) is 5.75 Å². The van der Waals surface area contributed by atoms with Crippen LogP contribution in [0.2, 0.25) is 0 Å². The van der Waals surface area contributed by atoms with Gasteiger partial charge < -0.3 is 5.11 Å². The zero-order valence-electron chi connectivity index (χ0n) is 7.96. The Bertz CT molecular complexity index is 266. The number of hydrogen-bond acceptors (Lipinski definition) is 2. The molecule has 0 aliphatic carbocycles. The van der Waals surface area contributed by atoms with Crippen LogP contribution in [0.25, 0.3) is 0 Å². The first-order chi connectivity index (χ1) is 5.70. The van der Waals surface area contributed by atoms with Crippen molar-refractivity contribution in [2.45, 2.75) is 40.2 Å². The van der Waals surface area contributed by atoms with Gasteiger partial charge in [-0.2, -0.15) is 5.10 Å². The summed E-state index contributed by atoms with van der Waals surface area (Å²) in [7, 11) is 0. The maximum absolute atomic E-state index is 9.56. The molecule has 68 valence electrons. The van der Waals surface area contributed by atoms with Gasteiger partial charge in [-0.15, -0.1) is 0 Å². The third kappa shape index (κ3) is 1.44. The Morgan fingerprint density at radius 1 is 1.42 bits per heavy atom. The standard InChI is InChI=1S/C9H16N2O/c1-4-6-11-7(3)9(12)8(5-2)10-11/h12H,4-6H2,1-3H3. The average Bonchev–Trinajstić information content (AvgIpc) is 2.33. The van der Waals surface area contributed by atoms with E-state index in [9.17, 15) is 5.11 Å². The van der Waals surface area contributed by atoms with Crippen LogP contribution in [-0.4, -0.2) is 14.9 Å². The minimum atomic E-state index is 0.367.